The lowest BCUT2D eigenvalue weighted by molar-refractivity contribution is 0.228. The van der Waals surface area contributed by atoms with Gasteiger partial charge in [-0.05, 0) is 29.9 Å². The first-order valence-electron chi connectivity index (χ1n) is 7.44. The normalized spacial score (nSPS) is 21.9. The van der Waals surface area contributed by atoms with Crippen molar-refractivity contribution in [3.05, 3.63) is 35.9 Å². The van der Waals surface area contributed by atoms with Crippen LogP contribution >= 0.6 is 12.2 Å². The summed E-state index contributed by atoms with van der Waals surface area (Å²) >= 11 is 5.29. The third-order valence-corrected chi connectivity index (χ3v) is 4.77. The second kappa shape index (κ2) is 6.23. The molecule has 110 valence electrons. The molecule has 0 bridgehead atoms. The maximum Gasteiger partial charge on any atom is 0.0816 e. The van der Waals surface area contributed by atoms with E-state index in [1.165, 1.54) is 12.0 Å². The Morgan fingerprint density at radius 2 is 2.00 bits per heavy atom. The highest BCUT2D eigenvalue weighted by molar-refractivity contribution is 7.80. The Morgan fingerprint density at radius 3 is 2.50 bits per heavy atom. The van der Waals surface area contributed by atoms with Gasteiger partial charge >= 0.3 is 0 Å². The second-order valence-corrected chi connectivity index (χ2v) is 7.45. The summed E-state index contributed by atoms with van der Waals surface area (Å²) in [6, 6.07) is 10.4. The van der Waals surface area contributed by atoms with E-state index in [2.05, 4.69) is 49.9 Å². The smallest absolute Gasteiger partial charge is 0.0816 e. The Bertz CT molecular complexity index is 450. The highest BCUT2D eigenvalue weighted by atomic mass is 32.1. The van der Waals surface area contributed by atoms with E-state index in [4.69, 9.17) is 18.0 Å². The number of rotatable bonds is 4. The van der Waals surface area contributed by atoms with Crippen molar-refractivity contribution in [2.75, 3.05) is 19.6 Å². The highest BCUT2D eigenvalue weighted by Gasteiger charge is 2.33. The Morgan fingerprint density at radius 1 is 1.35 bits per heavy atom. The van der Waals surface area contributed by atoms with Gasteiger partial charge in [-0.25, -0.2) is 0 Å². The van der Waals surface area contributed by atoms with E-state index in [9.17, 15) is 0 Å². The summed E-state index contributed by atoms with van der Waals surface area (Å²) in [4.78, 5) is 3.13. The van der Waals surface area contributed by atoms with Crippen LogP contribution in [0, 0.1) is 11.3 Å². The van der Waals surface area contributed by atoms with E-state index in [0.29, 0.717) is 10.4 Å². The van der Waals surface area contributed by atoms with Crippen molar-refractivity contribution >= 4 is 17.2 Å². The molecule has 1 aliphatic heterocycles. The number of benzene rings is 1. The van der Waals surface area contributed by atoms with E-state index >= 15 is 0 Å². The molecule has 2 unspecified atom stereocenters. The van der Waals surface area contributed by atoms with Crippen LogP contribution in [0.2, 0.25) is 0 Å². The van der Waals surface area contributed by atoms with Gasteiger partial charge in [-0.2, -0.15) is 0 Å². The lowest BCUT2D eigenvalue weighted by Gasteiger charge is -2.28. The Kier molecular flexibility index (Phi) is 4.82. The number of likely N-dealkylation sites (tertiary alicyclic amines) is 1. The summed E-state index contributed by atoms with van der Waals surface area (Å²) in [5.41, 5.74) is 7.60. The van der Waals surface area contributed by atoms with Crippen LogP contribution in [0.25, 0.3) is 0 Å². The SMILES string of the molecule is CC(C)(C)C1CCN(CC(C(N)=S)c2ccccc2)C1. The van der Waals surface area contributed by atoms with Gasteiger partial charge in [-0.3, -0.25) is 0 Å². The first kappa shape index (κ1) is 15.5. The van der Waals surface area contributed by atoms with Crippen LogP contribution in [0.15, 0.2) is 30.3 Å². The third kappa shape index (κ3) is 3.80. The topological polar surface area (TPSA) is 29.3 Å². The molecule has 1 saturated heterocycles. The van der Waals surface area contributed by atoms with Crippen LogP contribution in [0.5, 0.6) is 0 Å². The van der Waals surface area contributed by atoms with Gasteiger partial charge in [0.2, 0.25) is 0 Å². The lowest BCUT2D eigenvalue weighted by Crippen LogP contribution is -2.34. The van der Waals surface area contributed by atoms with Gasteiger partial charge in [0.05, 0.1) is 4.99 Å². The van der Waals surface area contributed by atoms with E-state index in [1.807, 2.05) is 6.07 Å². The molecule has 1 heterocycles. The van der Waals surface area contributed by atoms with Gasteiger partial charge < -0.3 is 10.6 Å². The van der Waals surface area contributed by atoms with Gasteiger partial charge in [0.25, 0.3) is 0 Å². The Balaban J connectivity index is 2.03. The summed E-state index contributed by atoms with van der Waals surface area (Å²) in [5.74, 6) is 0.940. The highest BCUT2D eigenvalue weighted by Crippen LogP contribution is 2.34. The minimum absolute atomic E-state index is 0.171. The van der Waals surface area contributed by atoms with Crippen molar-refractivity contribution in [2.45, 2.75) is 33.1 Å². The minimum Gasteiger partial charge on any atom is -0.393 e. The maximum absolute atomic E-state index is 5.97. The van der Waals surface area contributed by atoms with E-state index < -0.39 is 0 Å². The number of nitrogens with two attached hydrogens (primary N) is 1. The summed E-state index contributed by atoms with van der Waals surface area (Å²) in [5, 5.41) is 0. The molecule has 1 aromatic carbocycles. The van der Waals surface area contributed by atoms with Crippen LogP contribution in [-0.2, 0) is 0 Å². The average molecular weight is 290 g/mol. The predicted octanol–water partition coefficient (Wildman–Crippen LogP) is 3.42. The molecule has 0 aliphatic carbocycles. The molecule has 2 atom stereocenters. The van der Waals surface area contributed by atoms with Gasteiger partial charge in [0.1, 0.15) is 0 Å². The standard InChI is InChI=1S/C17H26N2S/c1-17(2,3)14-9-10-19(11-14)12-15(16(18)20)13-7-5-4-6-8-13/h4-8,14-15H,9-12H2,1-3H3,(H2,18,20). The second-order valence-electron chi connectivity index (χ2n) is 6.98. The van der Waals surface area contributed by atoms with E-state index in [0.717, 1.165) is 25.6 Å². The summed E-state index contributed by atoms with van der Waals surface area (Å²) in [7, 11) is 0. The van der Waals surface area contributed by atoms with Crippen molar-refractivity contribution in [2.24, 2.45) is 17.1 Å². The molecule has 0 aromatic heterocycles. The summed E-state index contributed by atoms with van der Waals surface area (Å²) in [6.45, 7) is 10.3. The first-order valence-corrected chi connectivity index (χ1v) is 7.85. The largest absolute Gasteiger partial charge is 0.393 e. The average Bonchev–Trinajstić information content (AvgIpc) is 2.85. The van der Waals surface area contributed by atoms with Crippen LogP contribution in [-0.4, -0.2) is 29.5 Å². The van der Waals surface area contributed by atoms with Crippen molar-refractivity contribution in [1.82, 2.24) is 4.90 Å². The molecule has 0 saturated carbocycles. The fraction of sp³-hybridized carbons (Fsp3) is 0.588. The quantitative estimate of drug-likeness (QED) is 0.862. The summed E-state index contributed by atoms with van der Waals surface area (Å²) in [6.07, 6.45) is 1.28. The van der Waals surface area contributed by atoms with Crippen molar-refractivity contribution < 1.29 is 0 Å². The van der Waals surface area contributed by atoms with Crippen molar-refractivity contribution in [3.8, 4) is 0 Å². The Labute approximate surface area is 128 Å². The number of thiocarbonyl (C=S) groups is 1. The first-order chi connectivity index (χ1) is 9.38. The zero-order chi connectivity index (χ0) is 14.8. The molecule has 1 aromatic rings. The van der Waals surface area contributed by atoms with Gasteiger partial charge in [-0.15, -0.1) is 0 Å². The predicted molar refractivity (Wildman–Crippen MR) is 90.0 cm³/mol. The summed E-state index contributed by atoms with van der Waals surface area (Å²) < 4.78 is 0. The van der Waals surface area contributed by atoms with Gasteiger partial charge in [0, 0.05) is 19.0 Å². The van der Waals surface area contributed by atoms with Gasteiger partial charge in [-0.1, -0.05) is 63.3 Å². The number of hydrogen-bond acceptors (Lipinski definition) is 2. The monoisotopic (exact) mass is 290 g/mol. The van der Waals surface area contributed by atoms with Crippen LogP contribution in [0.4, 0.5) is 0 Å². The van der Waals surface area contributed by atoms with Crippen LogP contribution < -0.4 is 5.73 Å². The van der Waals surface area contributed by atoms with Crippen LogP contribution in [0.1, 0.15) is 38.7 Å². The lowest BCUT2D eigenvalue weighted by atomic mass is 9.80. The van der Waals surface area contributed by atoms with E-state index in [1.54, 1.807) is 0 Å². The fourth-order valence-electron chi connectivity index (χ4n) is 3.01. The molecule has 2 N–H and O–H groups in total. The molecule has 2 nitrogen and oxygen atoms in total. The molecular formula is C17H26N2S. The zero-order valence-corrected chi connectivity index (χ0v) is 13.6. The Hall–Kier alpha value is -0.930. The molecular weight excluding hydrogens is 264 g/mol. The van der Waals surface area contributed by atoms with Crippen molar-refractivity contribution in [1.29, 1.82) is 0 Å². The van der Waals surface area contributed by atoms with Crippen LogP contribution in [0.3, 0.4) is 0 Å². The maximum atomic E-state index is 5.97. The molecule has 1 fully saturated rings. The van der Waals surface area contributed by atoms with E-state index in [-0.39, 0.29) is 5.92 Å². The number of nitrogens with zero attached hydrogens (tertiary/aromatic N) is 1. The molecule has 0 spiro atoms. The van der Waals surface area contributed by atoms with Gasteiger partial charge in [0.15, 0.2) is 0 Å². The van der Waals surface area contributed by atoms with Crippen molar-refractivity contribution in [3.63, 3.8) is 0 Å². The number of hydrogen-bond donors (Lipinski definition) is 1. The zero-order valence-electron chi connectivity index (χ0n) is 12.8. The fourth-order valence-corrected chi connectivity index (χ4v) is 3.22. The molecule has 0 amide bonds. The molecule has 2 rings (SSSR count). The third-order valence-electron chi connectivity index (χ3n) is 4.48. The minimum atomic E-state index is 0.171. The molecule has 0 radical (unpaired) electrons. The molecule has 20 heavy (non-hydrogen) atoms. The molecule has 1 aliphatic rings. The molecule has 3 heteroatoms.